The lowest BCUT2D eigenvalue weighted by Crippen LogP contribution is -2.18. The smallest absolute Gasteiger partial charge is 0.205 e. The van der Waals surface area contributed by atoms with E-state index in [1.54, 1.807) is 12.3 Å². The maximum absolute atomic E-state index is 6.77. The Labute approximate surface area is 84.6 Å². The lowest BCUT2D eigenvalue weighted by Gasteiger charge is -2.18. The zero-order valence-electron chi connectivity index (χ0n) is 8.74. The Bertz CT molecular complexity index is 330. The van der Waals surface area contributed by atoms with Gasteiger partial charge in [0.05, 0.1) is 24.5 Å². The standard InChI is InChI=1S/C11H14N2O/c1-11(2,3)14-8-10-6-5-9(12-4)7-13-10/h5-7H,8H2,1-3H3. The molecule has 0 fully saturated rings. The van der Waals surface area contributed by atoms with E-state index < -0.39 is 0 Å². The number of pyridine rings is 1. The van der Waals surface area contributed by atoms with E-state index in [2.05, 4.69) is 9.83 Å². The van der Waals surface area contributed by atoms with E-state index in [1.165, 1.54) is 0 Å². The molecule has 1 rings (SSSR count). The molecule has 0 unspecified atom stereocenters. The molecular weight excluding hydrogens is 176 g/mol. The first-order valence-electron chi connectivity index (χ1n) is 4.47. The molecule has 0 saturated carbocycles. The highest BCUT2D eigenvalue weighted by Gasteiger charge is 2.10. The fraction of sp³-hybridized carbons (Fsp3) is 0.455. The summed E-state index contributed by atoms with van der Waals surface area (Å²) in [6.45, 7) is 13.3. The van der Waals surface area contributed by atoms with Gasteiger partial charge in [0.15, 0.2) is 0 Å². The van der Waals surface area contributed by atoms with Gasteiger partial charge < -0.3 is 4.74 Å². The first-order valence-corrected chi connectivity index (χ1v) is 4.47. The summed E-state index contributed by atoms with van der Waals surface area (Å²) >= 11 is 0. The molecule has 0 saturated heterocycles. The molecule has 1 heterocycles. The maximum atomic E-state index is 6.77. The van der Waals surface area contributed by atoms with Gasteiger partial charge in [-0.05, 0) is 26.8 Å². The zero-order chi connectivity index (χ0) is 10.6. The lowest BCUT2D eigenvalue weighted by molar-refractivity contribution is -0.0164. The third-order valence-electron chi connectivity index (χ3n) is 1.59. The summed E-state index contributed by atoms with van der Waals surface area (Å²) in [5.74, 6) is 0. The van der Waals surface area contributed by atoms with Crippen molar-refractivity contribution >= 4 is 5.69 Å². The van der Waals surface area contributed by atoms with Crippen molar-refractivity contribution in [2.75, 3.05) is 0 Å². The summed E-state index contributed by atoms with van der Waals surface area (Å²) in [5.41, 5.74) is 1.26. The van der Waals surface area contributed by atoms with E-state index in [-0.39, 0.29) is 5.60 Å². The van der Waals surface area contributed by atoms with Crippen molar-refractivity contribution in [1.29, 1.82) is 0 Å². The minimum absolute atomic E-state index is 0.153. The number of hydrogen-bond acceptors (Lipinski definition) is 2. The van der Waals surface area contributed by atoms with Gasteiger partial charge in [-0.1, -0.05) is 6.07 Å². The molecule has 0 aliphatic heterocycles. The quantitative estimate of drug-likeness (QED) is 0.670. The van der Waals surface area contributed by atoms with Crippen molar-refractivity contribution in [1.82, 2.24) is 4.98 Å². The number of hydrogen-bond donors (Lipinski definition) is 0. The first-order chi connectivity index (χ1) is 6.51. The van der Waals surface area contributed by atoms with Crippen LogP contribution in [0, 0.1) is 6.57 Å². The SMILES string of the molecule is [C-]#[N+]c1ccc(COC(C)(C)C)nc1. The van der Waals surface area contributed by atoms with Gasteiger partial charge in [-0.2, -0.15) is 0 Å². The Morgan fingerprint density at radius 1 is 1.43 bits per heavy atom. The third kappa shape index (κ3) is 3.55. The molecule has 0 aromatic carbocycles. The molecule has 0 atom stereocenters. The average Bonchev–Trinajstić information content (AvgIpc) is 2.14. The molecule has 74 valence electrons. The third-order valence-corrected chi connectivity index (χ3v) is 1.59. The van der Waals surface area contributed by atoms with Crippen molar-refractivity contribution < 1.29 is 4.74 Å². The zero-order valence-corrected chi connectivity index (χ0v) is 8.74. The molecule has 3 nitrogen and oxygen atoms in total. The van der Waals surface area contributed by atoms with Crippen LogP contribution in [0.2, 0.25) is 0 Å². The maximum Gasteiger partial charge on any atom is 0.205 e. The highest BCUT2D eigenvalue weighted by Crippen LogP contribution is 2.13. The van der Waals surface area contributed by atoms with Crippen LogP contribution in [0.1, 0.15) is 26.5 Å². The molecule has 0 N–H and O–H groups in total. The van der Waals surface area contributed by atoms with Crippen LogP contribution in [-0.2, 0) is 11.3 Å². The van der Waals surface area contributed by atoms with Gasteiger partial charge in [0, 0.05) is 6.20 Å². The van der Waals surface area contributed by atoms with E-state index in [4.69, 9.17) is 11.3 Å². The Morgan fingerprint density at radius 2 is 2.14 bits per heavy atom. The van der Waals surface area contributed by atoms with Crippen molar-refractivity contribution in [3.63, 3.8) is 0 Å². The Morgan fingerprint density at radius 3 is 2.57 bits per heavy atom. The molecule has 0 radical (unpaired) electrons. The van der Waals surface area contributed by atoms with Crippen LogP contribution in [0.15, 0.2) is 18.3 Å². The molecule has 1 aromatic rings. The van der Waals surface area contributed by atoms with E-state index >= 15 is 0 Å². The number of aromatic nitrogens is 1. The van der Waals surface area contributed by atoms with Gasteiger partial charge >= 0.3 is 0 Å². The number of rotatable bonds is 2. The summed E-state index contributed by atoms with van der Waals surface area (Å²) in [4.78, 5) is 7.38. The average molecular weight is 190 g/mol. The minimum atomic E-state index is -0.153. The fourth-order valence-corrected chi connectivity index (χ4v) is 0.859. The van der Waals surface area contributed by atoms with Crippen LogP contribution in [0.3, 0.4) is 0 Å². The summed E-state index contributed by atoms with van der Waals surface area (Å²) in [6, 6.07) is 3.57. The molecule has 3 heteroatoms. The van der Waals surface area contributed by atoms with Crippen LogP contribution in [-0.4, -0.2) is 10.6 Å². The largest absolute Gasteiger partial charge is 0.370 e. The normalized spacial score (nSPS) is 11.0. The van der Waals surface area contributed by atoms with Gasteiger partial charge in [0.25, 0.3) is 0 Å². The van der Waals surface area contributed by atoms with Crippen molar-refractivity contribution in [2.24, 2.45) is 0 Å². The number of ether oxygens (including phenoxy) is 1. The van der Waals surface area contributed by atoms with E-state index in [0.717, 1.165) is 5.69 Å². The van der Waals surface area contributed by atoms with Gasteiger partial charge in [-0.25, -0.2) is 4.85 Å². The molecule has 1 aromatic heterocycles. The van der Waals surface area contributed by atoms with Gasteiger partial charge in [-0.15, -0.1) is 0 Å². The van der Waals surface area contributed by atoms with Gasteiger partial charge in [0.1, 0.15) is 0 Å². The van der Waals surface area contributed by atoms with E-state index in [1.807, 2.05) is 26.8 Å². The topological polar surface area (TPSA) is 26.5 Å². The minimum Gasteiger partial charge on any atom is -0.370 e. The predicted octanol–water partition coefficient (Wildman–Crippen LogP) is 2.95. The van der Waals surface area contributed by atoms with Gasteiger partial charge in [-0.3, -0.25) is 4.98 Å². The Hall–Kier alpha value is -1.40. The predicted molar refractivity (Wildman–Crippen MR) is 55.0 cm³/mol. The van der Waals surface area contributed by atoms with Crippen LogP contribution >= 0.6 is 0 Å². The summed E-state index contributed by atoms with van der Waals surface area (Å²) in [7, 11) is 0. The summed E-state index contributed by atoms with van der Waals surface area (Å²) in [6.07, 6.45) is 1.56. The molecule has 0 aliphatic rings. The van der Waals surface area contributed by atoms with Crippen molar-refractivity contribution in [2.45, 2.75) is 33.0 Å². The van der Waals surface area contributed by atoms with Gasteiger partial charge in [0.2, 0.25) is 5.69 Å². The fourth-order valence-electron chi connectivity index (χ4n) is 0.859. The van der Waals surface area contributed by atoms with Crippen LogP contribution in [0.25, 0.3) is 4.85 Å². The summed E-state index contributed by atoms with van der Waals surface area (Å²) < 4.78 is 5.55. The van der Waals surface area contributed by atoms with E-state index in [0.29, 0.717) is 12.3 Å². The summed E-state index contributed by atoms with van der Waals surface area (Å²) in [5, 5.41) is 0. The highest BCUT2D eigenvalue weighted by atomic mass is 16.5. The van der Waals surface area contributed by atoms with Crippen molar-refractivity contribution in [3.05, 3.63) is 35.4 Å². The van der Waals surface area contributed by atoms with Crippen LogP contribution in [0.4, 0.5) is 5.69 Å². The van der Waals surface area contributed by atoms with E-state index in [9.17, 15) is 0 Å². The lowest BCUT2D eigenvalue weighted by atomic mass is 10.2. The molecular formula is C11H14N2O. The molecule has 0 amide bonds. The second-order valence-electron chi connectivity index (χ2n) is 4.02. The Kier molecular flexibility index (Phi) is 3.21. The number of nitrogens with zero attached hydrogens (tertiary/aromatic N) is 2. The van der Waals surface area contributed by atoms with Crippen LogP contribution < -0.4 is 0 Å². The second kappa shape index (κ2) is 4.21. The first kappa shape index (κ1) is 10.7. The molecule has 0 bridgehead atoms. The molecule has 0 spiro atoms. The Balaban J connectivity index is 2.58. The second-order valence-corrected chi connectivity index (χ2v) is 4.02. The van der Waals surface area contributed by atoms with Crippen molar-refractivity contribution in [3.8, 4) is 0 Å². The molecule has 14 heavy (non-hydrogen) atoms. The highest BCUT2D eigenvalue weighted by molar-refractivity contribution is 5.41. The van der Waals surface area contributed by atoms with Crippen LogP contribution in [0.5, 0.6) is 0 Å². The molecule has 0 aliphatic carbocycles. The monoisotopic (exact) mass is 190 g/mol.